The van der Waals surface area contributed by atoms with Crippen molar-refractivity contribution < 1.29 is 28.6 Å². The van der Waals surface area contributed by atoms with Gasteiger partial charge in [-0.05, 0) is 38.5 Å². The van der Waals surface area contributed by atoms with Crippen molar-refractivity contribution >= 4 is 18.2 Å². The van der Waals surface area contributed by atoms with Crippen molar-refractivity contribution in [2.24, 2.45) is 0 Å². The third-order valence-electron chi connectivity index (χ3n) is 5.40. The highest BCUT2D eigenvalue weighted by atomic mass is 16.6. The number of nitrogens with zero attached hydrogens (tertiary/aromatic N) is 3. The van der Waals surface area contributed by atoms with Crippen molar-refractivity contribution in [3.05, 3.63) is 66.0 Å². The van der Waals surface area contributed by atoms with Gasteiger partial charge in [0.1, 0.15) is 12.2 Å². The highest BCUT2D eigenvalue weighted by Gasteiger charge is 2.53. The van der Waals surface area contributed by atoms with Crippen LogP contribution in [0.15, 0.2) is 54.7 Å². The molecule has 2 heterocycles. The van der Waals surface area contributed by atoms with Gasteiger partial charge in [-0.25, -0.2) is 14.4 Å². The standard InChI is InChI=1S/C25H31N3O6/c1-24(2,3)34-22(30)27-14-15-28(23(31)33-17-19-10-6-5-7-11-19)25(18-27,21(29)32-4)16-20-12-8-9-13-26-20/h5-13H,14-18H2,1-4H3. The average Bonchev–Trinajstić information content (AvgIpc) is 2.82. The van der Waals surface area contributed by atoms with E-state index in [1.165, 1.54) is 16.9 Å². The molecule has 9 nitrogen and oxygen atoms in total. The fraction of sp³-hybridized carbons (Fsp3) is 0.440. The summed E-state index contributed by atoms with van der Waals surface area (Å²) in [7, 11) is 1.25. The van der Waals surface area contributed by atoms with Gasteiger partial charge in [-0.15, -0.1) is 0 Å². The molecule has 1 aromatic carbocycles. The van der Waals surface area contributed by atoms with E-state index in [1.54, 1.807) is 45.2 Å². The molecule has 1 fully saturated rings. The van der Waals surface area contributed by atoms with Crippen molar-refractivity contribution in [1.82, 2.24) is 14.8 Å². The molecule has 2 amide bonds. The summed E-state index contributed by atoms with van der Waals surface area (Å²) in [6, 6.07) is 14.6. The van der Waals surface area contributed by atoms with E-state index in [1.807, 2.05) is 30.3 Å². The second kappa shape index (κ2) is 10.5. The van der Waals surface area contributed by atoms with Crippen LogP contribution in [0.3, 0.4) is 0 Å². The van der Waals surface area contributed by atoms with Crippen molar-refractivity contribution in [2.75, 3.05) is 26.7 Å². The molecule has 1 aliphatic rings. The number of ether oxygens (including phenoxy) is 3. The van der Waals surface area contributed by atoms with Crippen LogP contribution in [0.5, 0.6) is 0 Å². The minimum atomic E-state index is -1.54. The second-order valence-electron chi connectivity index (χ2n) is 9.11. The van der Waals surface area contributed by atoms with E-state index in [9.17, 15) is 14.4 Å². The molecule has 1 saturated heterocycles. The lowest BCUT2D eigenvalue weighted by Crippen LogP contribution is -2.70. The molecule has 0 N–H and O–H groups in total. The topological polar surface area (TPSA) is 98.3 Å². The normalized spacial score (nSPS) is 18.2. The fourth-order valence-corrected chi connectivity index (χ4v) is 3.85. The van der Waals surface area contributed by atoms with Gasteiger partial charge in [0.25, 0.3) is 0 Å². The zero-order chi connectivity index (χ0) is 24.8. The van der Waals surface area contributed by atoms with Crippen LogP contribution < -0.4 is 0 Å². The number of hydrogen-bond donors (Lipinski definition) is 0. The first-order valence-corrected chi connectivity index (χ1v) is 11.1. The summed E-state index contributed by atoms with van der Waals surface area (Å²) in [5, 5.41) is 0. The van der Waals surface area contributed by atoms with Crippen LogP contribution in [0.4, 0.5) is 9.59 Å². The molecule has 182 valence electrons. The van der Waals surface area contributed by atoms with E-state index in [0.717, 1.165) is 5.56 Å². The molecule has 3 rings (SSSR count). The smallest absolute Gasteiger partial charge is 0.411 e. The van der Waals surface area contributed by atoms with Gasteiger partial charge in [-0.1, -0.05) is 36.4 Å². The molecular weight excluding hydrogens is 438 g/mol. The first kappa shape index (κ1) is 25.0. The Labute approximate surface area is 199 Å². The monoisotopic (exact) mass is 469 g/mol. The van der Waals surface area contributed by atoms with E-state index in [0.29, 0.717) is 5.69 Å². The minimum Gasteiger partial charge on any atom is -0.467 e. The van der Waals surface area contributed by atoms with Gasteiger partial charge < -0.3 is 19.1 Å². The maximum atomic E-state index is 13.3. The number of amides is 2. The number of carbonyl (C=O) groups excluding carboxylic acids is 3. The predicted molar refractivity (Wildman–Crippen MR) is 124 cm³/mol. The van der Waals surface area contributed by atoms with Gasteiger partial charge in [0.2, 0.25) is 0 Å². The van der Waals surface area contributed by atoms with E-state index in [4.69, 9.17) is 14.2 Å². The number of piperazine rings is 1. The van der Waals surface area contributed by atoms with Gasteiger partial charge in [-0.3, -0.25) is 9.88 Å². The third-order valence-corrected chi connectivity index (χ3v) is 5.40. The number of aromatic nitrogens is 1. The molecule has 0 spiro atoms. The Kier molecular flexibility index (Phi) is 7.75. The Hall–Kier alpha value is -3.62. The first-order chi connectivity index (χ1) is 16.1. The van der Waals surface area contributed by atoms with Gasteiger partial charge in [0, 0.05) is 31.4 Å². The van der Waals surface area contributed by atoms with E-state index >= 15 is 0 Å². The number of rotatable bonds is 5. The summed E-state index contributed by atoms with van der Waals surface area (Å²) in [5.41, 5.74) is -0.861. The SMILES string of the molecule is COC(=O)C1(Cc2ccccn2)CN(C(=O)OC(C)(C)C)CCN1C(=O)OCc1ccccc1. The van der Waals surface area contributed by atoms with Crippen LogP contribution in [-0.2, 0) is 32.0 Å². The van der Waals surface area contributed by atoms with Crippen LogP contribution >= 0.6 is 0 Å². The fourth-order valence-electron chi connectivity index (χ4n) is 3.85. The maximum absolute atomic E-state index is 13.3. The van der Waals surface area contributed by atoms with Gasteiger partial charge in [0.05, 0.1) is 13.7 Å². The molecule has 0 aliphatic carbocycles. The summed E-state index contributed by atoms with van der Waals surface area (Å²) >= 11 is 0. The maximum Gasteiger partial charge on any atom is 0.411 e. The number of esters is 1. The Morgan fingerprint density at radius 3 is 2.32 bits per heavy atom. The third kappa shape index (κ3) is 6.03. The summed E-state index contributed by atoms with van der Waals surface area (Å²) in [4.78, 5) is 46.5. The van der Waals surface area contributed by atoms with Crippen molar-refractivity contribution in [1.29, 1.82) is 0 Å². The summed E-state index contributed by atoms with van der Waals surface area (Å²) in [5.74, 6) is -0.664. The molecule has 34 heavy (non-hydrogen) atoms. The molecule has 2 aromatic rings. The Morgan fingerprint density at radius 2 is 1.71 bits per heavy atom. The predicted octanol–water partition coefficient (Wildman–Crippen LogP) is 3.43. The lowest BCUT2D eigenvalue weighted by Gasteiger charge is -2.47. The van der Waals surface area contributed by atoms with Gasteiger partial charge in [0.15, 0.2) is 5.54 Å². The number of methoxy groups -OCH3 is 1. The average molecular weight is 470 g/mol. The van der Waals surface area contributed by atoms with Crippen LogP contribution in [0.25, 0.3) is 0 Å². The summed E-state index contributed by atoms with van der Waals surface area (Å²) < 4.78 is 16.2. The van der Waals surface area contributed by atoms with Crippen LogP contribution in [0, 0.1) is 0 Å². The Balaban J connectivity index is 1.92. The first-order valence-electron chi connectivity index (χ1n) is 11.1. The molecule has 1 aromatic heterocycles. The summed E-state index contributed by atoms with van der Waals surface area (Å²) in [6.07, 6.45) is 0.403. The van der Waals surface area contributed by atoms with Crippen molar-refractivity contribution in [3.63, 3.8) is 0 Å². The molecule has 1 aliphatic heterocycles. The van der Waals surface area contributed by atoms with Crippen LogP contribution in [0.2, 0.25) is 0 Å². The quantitative estimate of drug-likeness (QED) is 0.489. The van der Waals surface area contributed by atoms with E-state index < -0.39 is 29.3 Å². The molecular formula is C25H31N3O6. The molecule has 0 saturated carbocycles. The Bertz CT molecular complexity index is 993. The molecule has 1 atom stereocenters. The molecule has 0 radical (unpaired) electrons. The zero-order valence-electron chi connectivity index (χ0n) is 20.0. The molecule has 1 unspecified atom stereocenters. The largest absolute Gasteiger partial charge is 0.467 e. The van der Waals surface area contributed by atoms with Crippen molar-refractivity contribution in [2.45, 2.75) is 44.9 Å². The lowest BCUT2D eigenvalue weighted by molar-refractivity contribution is -0.158. The minimum absolute atomic E-state index is 0.0419. The summed E-state index contributed by atoms with van der Waals surface area (Å²) in [6.45, 7) is 5.47. The number of carbonyl (C=O) groups is 3. The van der Waals surface area contributed by atoms with Gasteiger partial charge >= 0.3 is 18.2 Å². The number of hydrogen-bond acceptors (Lipinski definition) is 7. The van der Waals surface area contributed by atoms with E-state index in [2.05, 4.69) is 4.98 Å². The van der Waals surface area contributed by atoms with E-state index in [-0.39, 0.29) is 32.7 Å². The van der Waals surface area contributed by atoms with Crippen LogP contribution in [0.1, 0.15) is 32.0 Å². The number of benzene rings is 1. The van der Waals surface area contributed by atoms with Crippen LogP contribution in [-0.4, -0.2) is 70.8 Å². The van der Waals surface area contributed by atoms with Crippen molar-refractivity contribution in [3.8, 4) is 0 Å². The highest BCUT2D eigenvalue weighted by Crippen LogP contribution is 2.29. The zero-order valence-corrected chi connectivity index (χ0v) is 20.0. The second-order valence-corrected chi connectivity index (χ2v) is 9.11. The highest BCUT2D eigenvalue weighted by molar-refractivity contribution is 5.87. The Morgan fingerprint density at radius 1 is 1.00 bits per heavy atom. The van der Waals surface area contributed by atoms with Gasteiger partial charge in [-0.2, -0.15) is 0 Å². The molecule has 0 bridgehead atoms. The number of pyridine rings is 1. The molecule has 9 heteroatoms. The lowest BCUT2D eigenvalue weighted by atomic mass is 9.88.